The summed E-state index contributed by atoms with van der Waals surface area (Å²) < 4.78 is 12.3. The Morgan fingerprint density at radius 1 is 1.00 bits per heavy atom. The Kier molecular flexibility index (Phi) is 6.15. The minimum atomic E-state index is -0.814. The van der Waals surface area contributed by atoms with Gasteiger partial charge in [0.05, 0.1) is 5.92 Å². The molecule has 0 aromatic carbocycles. The van der Waals surface area contributed by atoms with Gasteiger partial charge < -0.3 is 0 Å². The lowest BCUT2D eigenvalue weighted by atomic mass is 10.0. The smallest absolute Gasteiger partial charge is 0.139 e. The second kappa shape index (κ2) is 7.16. The van der Waals surface area contributed by atoms with Crippen LogP contribution >= 0.6 is 0 Å². The van der Waals surface area contributed by atoms with Crippen molar-refractivity contribution >= 4 is 11.6 Å². The van der Waals surface area contributed by atoms with Crippen LogP contribution in [0.3, 0.4) is 0 Å². The molecular weight excluding hydrogens is 243 g/mol. The van der Waals surface area contributed by atoms with Crippen LogP contribution < -0.4 is 0 Å². The summed E-state index contributed by atoms with van der Waals surface area (Å²) in [5.74, 6) is 1.76. The van der Waals surface area contributed by atoms with E-state index in [-0.39, 0.29) is 11.7 Å². The minimum absolute atomic E-state index is 0.113. The van der Waals surface area contributed by atoms with E-state index in [9.17, 15) is 14.0 Å². The summed E-state index contributed by atoms with van der Waals surface area (Å²) >= 11 is 0. The standard InChI is InChI=1S/C8H13FO.C8H14O/c1-5(2)3-8(10)6-4-7(6)9;1-6(2)5-8(9)7-3-4-7/h5-7H,3-4H2,1-2H3;6-7H,3-5H2,1-2H3. The number of hydrogen-bond acceptors (Lipinski definition) is 2. The molecule has 0 amide bonds. The highest BCUT2D eigenvalue weighted by Crippen LogP contribution is 2.36. The van der Waals surface area contributed by atoms with E-state index in [1.807, 2.05) is 13.8 Å². The number of alkyl halides is 1. The minimum Gasteiger partial charge on any atom is -0.299 e. The lowest BCUT2D eigenvalue weighted by molar-refractivity contribution is -0.121. The van der Waals surface area contributed by atoms with Crippen LogP contribution in [-0.2, 0) is 9.59 Å². The van der Waals surface area contributed by atoms with Crippen LogP contribution in [0.15, 0.2) is 0 Å². The van der Waals surface area contributed by atoms with E-state index >= 15 is 0 Å². The topological polar surface area (TPSA) is 34.1 Å². The Morgan fingerprint density at radius 2 is 1.42 bits per heavy atom. The summed E-state index contributed by atoms with van der Waals surface area (Å²) in [5, 5.41) is 0. The van der Waals surface area contributed by atoms with Crippen molar-refractivity contribution in [2.45, 2.75) is 66.0 Å². The summed E-state index contributed by atoms with van der Waals surface area (Å²) in [4.78, 5) is 22.0. The molecule has 2 aliphatic rings. The Hall–Kier alpha value is -0.730. The molecule has 19 heavy (non-hydrogen) atoms. The average Bonchev–Trinajstić information content (AvgIpc) is 3.09. The molecule has 0 aliphatic heterocycles. The zero-order valence-corrected chi connectivity index (χ0v) is 12.6. The first-order valence-electron chi connectivity index (χ1n) is 7.50. The lowest BCUT2D eigenvalue weighted by Gasteiger charge is -2.00. The fourth-order valence-corrected chi connectivity index (χ4v) is 2.03. The molecule has 110 valence electrons. The molecule has 0 heterocycles. The van der Waals surface area contributed by atoms with Gasteiger partial charge >= 0.3 is 0 Å². The van der Waals surface area contributed by atoms with E-state index in [1.54, 1.807) is 0 Å². The summed E-state index contributed by atoms with van der Waals surface area (Å²) in [5.41, 5.74) is 0. The lowest BCUT2D eigenvalue weighted by Crippen LogP contribution is -2.06. The molecule has 0 aromatic heterocycles. The Bertz CT molecular complexity index is 319. The van der Waals surface area contributed by atoms with Gasteiger partial charge in [-0.05, 0) is 31.1 Å². The van der Waals surface area contributed by atoms with Crippen LogP contribution in [0.25, 0.3) is 0 Å². The highest BCUT2D eigenvalue weighted by molar-refractivity contribution is 5.84. The summed E-state index contributed by atoms with van der Waals surface area (Å²) in [6.07, 6.45) is 3.32. The summed E-state index contributed by atoms with van der Waals surface area (Å²) in [6.45, 7) is 8.15. The molecule has 0 radical (unpaired) electrons. The third-order valence-corrected chi connectivity index (χ3v) is 3.38. The second-order valence-corrected chi connectivity index (χ2v) is 6.76. The van der Waals surface area contributed by atoms with Gasteiger partial charge in [0.1, 0.15) is 17.7 Å². The largest absolute Gasteiger partial charge is 0.299 e. The monoisotopic (exact) mass is 270 g/mol. The maximum absolute atomic E-state index is 12.3. The second-order valence-electron chi connectivity index (χ2n) is 6.76. The number of carbonyl (C=O) groups excluding carboxylic acids is 2. The van der Waals surface area contributed by atoms with Crippen molar-refractivity contribution in [1.29, 1.82) is 0 Å². The number of hydrogen-bond donors (Lipinski definition) is 0. The number of rotatable bonds is 6. The molecule has 0 saturated heterocycles. The fourth-order valence-electron chi connectivity index (χ4n) is 2.03. The van der Waals surface area contributed by atoms with Gasteiger partial charge in [-0.1, -0.05) is 27.7 Å². The van der Waals surface area contributed by atoms with E-state index in [4.69, 9.17) is 0 Å². The summed E-state index contributed by atoms with van der Waals surface area (Å²) in [6, 6.07) is 0. The number of ketones is 2. The third-order valence-electron chi connectivity index (χ3n) is 3.38. The van der Waals surface area contributed by atoms with Gasteiger partial charge in [0, 0.05) is 18.8 Å². The van der Waals surface area contributed by atoms with Gasteiger partial charge in [0.15, 0.2) is 0 Å². The van der Waals surface area contributed by atoms with E-state index in [0.717, 1.165) is 19.3 Å². The molecule has 2 unspecified atom stereocenters. The first-order chi connectivity index (χ1) is 8.81. The quantitative estimate of drug-likeness (QED) is 0.732. The third kappa shape index (κ3) is 6.84. The SMILES string of the molecule is CC(C)CC(=O)C1CC1.CC(C)CC(=O)C1CC1F. The van der Waals surface area contributed by atoms with E-state index in [0.29, 0.717) is 36.4 Å². The molecule has 0 spiro atoms. The first kappa shape index (κ1) is 16.3. The van der Waals surface area contributed by atoms with Gasteiger partial charge in [0.25, 0.3) is 0 Å². The maximum Gasteiger partial charge on any atom is 0.139 e. The molecular formula is C16H27FO2. The van der Waals surface area contributed by atoms with Crippen LogP contribution in [-0.4, -0.2) is 17.7 Å². The maximum atomic E-state index is 12.3. The van der Waals surface area contributed by atoms with E-state index in [1.165, 1.54) is 0 Å². The van der Waals surface area contributed by atoms with Crippen LogP contribution in [0.2, 0.25) is 0 Å². The molecule has 2 fully saturated rings. The normalized spacial score (nSPS) is 25.0. The van der Waals surface area contributed by atoms with Crippen molar-refractivity contribution in [2.24, 2.45) is 23.7 Å². The molecule has 0 N–H and O–H groups in total. The zero-order valence-electron chi connectivity index (χ0n) is 12.6. The Labute approximate surface area is 116 Å². The van der Waals surface area contributed by atoms with Crippen LogP contribution in [0.5, 0.6) is 0 Å². The van der Waals surface area contributed by atoms with Crippen LogP contribution in [0.4, 0.5) is 4.39 Å². The van der Waals surface area contributed by atoms with E-state index < -0.39 is 6.17 Å². The number of carbonyl (C=O) groups is 2. The average molecular weight is 270 g/mol. The first-order valence-corrected chi connectivity index (χ1v) is 7.50. The van der Waals surface area contributed by atoms with Crippen molar-refractivity contribution in [3.63, 3.8) is 0 Å². The molecule has 2 atom stereocenters. The van der Waals surface area contributed by atoms with Gasteiger partial charge in [-0.15, -0.1) is 0 Å². The highest BCUT2D eigenvalue weighted by Gasteiger charge is 2.42. The molecule has 0 bridgehead atoms. The predicted octanol–water partition coefficient (Wildman–Crippen LogP) is 3.97. The molecule has 2 saturated carbocycles. The van der Waals surface area contributed by atoms with Crippen molar-refractivity contribution in [3.8, 4) is 0 Å². The zero-order chi connectivity index (χ0) is 14.6. The number of halogens is 1. The Morgan fingerprint density at radius 3 is 1.74 bits per heavy atom. The van der Waals surface area contributed by atoms with Crippen LogP contribution in [0.1, 0.15) is 59.8 Å². The highest BCUT2D eigenvalue weighted by atomic mass is 19.1. The summed E-state index contributed by atoms with van der Waals surface area (Å²) in [7, 11) is 0. The van der Waals surface area contributed by atoms with Gasteiger partial charge in [-0.25, -0.2) is 4.39 Å². The van der Waals surface area contributed by atoms with Crippen LogP contribution in [0, 0.1) is 23.7 Å². The predicted molar refractivity (Wildman–Crippen MR) is 74.7 cm³/mol. The van der Waals surface area contributed by atoms with Crippen molar-refractivity contribution in [2.75, 3.05) is 0 Å². The van der Waals surface area contributed by atoms with Gasteiger partial charge in [-0.3, -0.25) is 9.59 Å². The molecule has 0 aromatic rings. The molecule has 3 heteroatoms. The van der Waals surface area contributed by atoms with E-state index in [2.05, 4.69) is 13.8 Å². The molecule has 2 aliphatic carbocycles. The fraction of sp³-hybridized carbons (Fsp3) is 0.875. The van der Waals surface area contributed by atoms with Crippen molar-refractivity contribution in [3.05, 3.63) is 0 Å². The Balaban J connectivity index is 0.000000191. The molecule has 2 nitrogen and oxygen atoms in total. The van der Waals surface area contributed by atoms with Gasteiger partial charge in [-0.2, -0.15) is 0 Å². The molecule has 2 rings (SSSR count). The van der Waals surface area contributed by atoms with Crippen molar-refractivity contribution < 1.29 is 14.0 Å². The van der Waals surface area contributed by atoms with Crippen molar-refractivity contribution in [1.82, 2.24) is 0 Å². The number of Topliss-reactive ketones (excluding diaryl/α,β-unsaturated/α-hetero) is 2. The van der Waals surface area contributed by atoms with Gasteiger partial charge in [0.2, 0.25) is 0 Å².